The molecule has 6 nitrogen and oxygen atoms in total. The molecule has 28 heavy (non-hydrogen) atoms. The van der Waals surface area contributed by atoms with Crippen LogP contribution in [0.2, 0.25) is 0 Å². The van der Waals surface area contributed by atoms with Crippen molar-refractivity contribution in [2.45, 2.75) is 20.3 Å². The molecule has 0 aliphatic carbocycles. The van der Waals surface area contributed by atoms with Gasteiger partial charge in [0, 0.05) is 29.4 Å². The van der Waals surface area contributed by atoms with Crippen LogP contribution in [0.4, 0.5) is 11.5 Å². The first kappa shape index (κ1) is 19.2. The van der Waals surface area contributed by atoms with Crippen molar-refractivity contribution in [3.63, 3.8) is 0 Å². The van der Waals surface area contributed by atoms with E-state index in [9.17, 15) is 9.59 Å². The Balaban J connectivity index is 1.92. The number of rotatable bonds is 7. The predicted molar refractivity (Wildman–Crippen MR) is 111 cm³/mol. The highest BCUT2D eigenvalue weighted by molar-refractivity contribution is 6.04. The molecule has 142 valence electrons. The van der Waals surface area contributed by atoms with E-state index >= 15 is 0 Å². The van der Waals surface area contributed by atoms with Gasteiger partial charge in [0.15, 0.2) is 11.6 Å². The highest BCUT2D eigenvalue weighted by Gasteiger charge is 2.14. The van der Waals surface area contributed by atoms with Gasteiger partial charge in [-0.1, -0.05) is 49.4 Å². The van der Waals surface area contributed by atoms with Crippen LogP contribution in [0.1, 0.15) is 41.1 Å². The van der Waals surface area contributed by atoms with E-state index in [1.807, 2.05) is 30.3 Å². The molecule has 0 fully saturated rings. The van der Waals surface area contributed by atoms with E-state index in [1.54, 1.807) is 30.3 Å². The lowest BCUT2D eigenvalue weighted by Crippen LogP contribution is -2.16. The van der Waals surface area contributed by atoms with E-state index in [0.29, 0.717) is 22.9 Å². The van der Waals surface area contributed by atoms with Crippen LogP contribution in [0.3, 0.4) is 0 Å². The van der Waals surface area contributed by atoms with Crippen molar-refractivity contribution in [2.24, 2.45) is 0 Å². The molecule has 3 aromatic rings. The average molecular weight is 374 g/mol. The molecule has 0 unspecified atom stereocenters. The van der Waals surface area contributed by atoms with Crippen molar-refractivity contribution in [3.8, 4) is 11.4 Å². The molecule has 0 spiro atoms. The predicted octanol–water partition coefficient (Wildman–Crippen LogP) is 4.42. The second kappa shape index (κ2) is 8.90. The third kappa shape index (κ3) is 4.79. The van der Waals surface area contributed by atoms with Crippen LogP contribution >= 0.6 is 0 Å². The number of nitrogens with one attached hydrogen (secondary N) is 2. The number of Topliss-reactive ketones (excluding diaryl/α,β-unsaturated/α-hetero) is 1. The molecule has 0 aliphatic heterocycles. The number of carbonyl (C=O) groups excluding carboxylic acids is 2. The van der Waals surface area contributed by atoms with Crippen molar-refractivity contribution >= 4 is 23.2 Å². The first-order valence-electron chi connectivity index (χ1n) is 9.17. The summed E-state index contributed by atoms with van der Waals surface area (Å²) in [5.41, 5.74) is 2.16. The Kier molecular flexibility index (Phi) is 6.11. The first-order valence-corrected chi connectivity index (χ1v) is 9.17. The largest absolute Gasteiger partial charge is 0.370 e. The second-order valence-electron chi connectivity index (χ2n) is 6.35. The van der Waals surface area contributed by atoms with E-state index in [4.69, 9.17) is 0 Å². The number of benzene rings is 2. The molecular weight excluding hydrogens is 352 g/mol. The fourth-order valence-electron chi connectivity index (χ4n) is 2.63. The fraction of sp³-hybridized carbons (Fsp3) is 0.182. The van der Waals surface area contributed by atoms with Gasteiger partial charge in [-0.15, -0.1) is 0 Å². The number of carbonyl (C=O) groups is 2. The number of nitrogens with zero attached hydrogens (tertiary/aromatic N) is 2. The molecule has 0 saturated carbocycles. The SMILES string of the molecule is CCCNc1cc(C(=O)Nc2cccc(C(C)=O)c2)nc(-c2ccccc2)n1. The maximum Gasteiger partial charge on any atom is 0.274 e. The number of amides is 1. The van der Waals surface area contributed by atoms with Gasteiger partial charge in [0.25, 0.3) is 5.91 Å². The zero-order chi connectivity index (χ0) is 19.9. The molecule has 0 saturated heterocycles. The maximum absolute atomic E-state index is 12.8. The lowest BCUT2D eigenvalue weighted by molar-refractivity contribution is 0.100. The van der Waals surface area contributed by atoms with Crippen LogP contribution < -0.4 is 10.6 Å². The highest BCUT2D eigenvalue weighted by Crippen LogP contribution is 2.19. The number of aromatic nitrogens is 2. The zero-order valence-corrected chi connectivity index (χ0v) is 15.9. The van der Waals surface area contributed by atoms with Crippen molar-refractivity contribution in [2.75, 3.05) is 17.2 Å². The molecule has 0 bridgehead atoms. The number of hydrogen-bond acceptors (Lipinski definition) is 5. The summed E-state index contributed by atoms with van der Waals surface area (Å²) in [7, 11) is 0. The summed E-state index contributed by atoms with van der Waals surface area (Å²) in [5, 5.41) is 6.02. The molecule has 6 heteroatoms. The Hall–Kier alpha value is -3.54. The number of hydrogen-bond donors (Lipinski definition) is 2. The van der Waals surface area contributed by atoms with Gasteiger partial charge in [-0.25, -0.2) is 9.97 Å². The molecule has 0 atom stereocenters. The molecule has 1 aromatic heterocycles. The summed E-state index contributed by atoms with van der Waals surface area (Å²) in [5.74, 6) is 0.651. The zero-order valence-electron chi connectivity index (χ0n) is 15.9. The van der Waals surface area contributed by atoms with Gasteiger partial charge < -0.3 is 10.6 Å². The maximum atomic E-state index is 12.8. The Morgan fingerprint density at radius 1 is 0.964 bits per heavy atom. The van der Waals surface area contributed by atoms with Crippen LogP contribution in [0, 0.1) is 0 Å². The minimum Gasteiger partial charge on any atom is -0.370 e. The van der Waals surface area contributed by atoms with Crippen molar-refractivity contribution in [3.05, 3.63) is 71.9 Å². The van der Waals surface area contributed by atoms with Gasteiger partial charge in [0.2, 0.25) is 0 Å². The van der Waals surface area contributed by atoms with E-state index in [0.717, 1.165) is 18.5 Å². The second-order valence-corrected chi connectivity index (χ2v) is 6.35. The summed E-state index contributed by atoms with van der Waals surface area (Å²) < 4.78 is 0. The lowest BCUT2D eigenvalue weighted by Gasteiger charge is -2.10. The molecule has 1 amide bonds. The van der Waals surface area contributed by atoms with Crippen LogP contribution in [-0.4, -0.2) is 28.2 Å². The van der Waals surface area contributed by atoms with Crippen LogP contribution in [0.5, 0.6) is 0 Å². The van der Waals surface area contributed by atoms with Gasteiger partial charge in [0.05, 0.1) is 0 Å². The molecule has 2 aromatic carbocycles. The van der Waals surface area contributed by atoms with E-state index in [1.165, 1.54) is 6.92 Å². The van der Waals surface area contributed by atoms with E-state index in [-0.39, 0.29) is 17.4 Å². The summed E-state index contributed by atoms with van der Waals surface area (Å²) in [6.07, 6.45) is 0.935. The lowest BCUT2D eigenvalue weighted by atomic mass is 10.1. The Bertz CT molecular complexity index is 987. The van der Waals surface area contributed by atoms with Crippen molar-refractivity contribution < 1.29 is 9.59 Å². The molecule has 0 aliphatic rings. The van der Waals surface area contributed by atoms with Crippen LogP contribution in [0.25, 0.3) is 11.4 Å². The minimum absolute atomic E-state index is 0.0597. The van der Waals surface area contributed by atoms with Crippen LogP contribution in [-0.2, 0) is 0 Å². The third-order valence-electron chi connectivity index (χ3n) is 4.07. The molecule has 2 N–H and O–H groups in total. The van der Waals surface area contributed by atoms with Gasteiger partial charge in [-0.05, 0) is 25.5 Å². The van der Waals surface area contributed by atoms with Crippen molar-refractivity contribution in [1.29, 1.82) is 0 Å². The quantitative estimate of drug-likeness (QED) is 0.598. The molecule has 0 radical (unpaired) electrons. The Morgan fingerprint density at radius 3 is 2.46 bits per heavy atom. The third-order valence-corrected chi connectivity index (χ3v) is 4.07. The van der Waals surface area contributed by atoms with Gasteiger partial charge in [0.1, 0.15) is 11.5 Å². The van der Waals surface area contributed by atoms with Gasteiger partial charge in [-0.2, -0.15) is 0 Å². The highest BCUT2D eigenvalue weighted by atomic mass is 16.2. The monoisotopic (exact) mass is 374 g/mol. The average Bonchev–Trinajstić information content (AvgIpc) is 2.72. The topological polar surface area (TPSA) is 84.0 Å². The number of ketones is 1. The summed E-state index contributed by atoms with van der Waals surface area (Å²) in [4.78, 5) is 33.3. The van der Waals surface area contributed by atoms with Gasteiger partial charge >= 0.3 is 0 Å². The smallest absolute Gasteiger partial charge is 0.274 e. The summed E-state index contributed by atoms with van der Waals surface area (Å²) >= 11 is 0. The molecular formula is C22H22N4O2. The van der Waals surface area contributed by atoms with Crippen LogP contribution in [0.15, 0.2) is 60.7 Å². The Labute approximate surface area is 164 Å². The first-order chi connectivity index (χ1) is 13.6. The Morgan fingerprint density at radius 2 is 1.75 bits per heavy atom. The standard InChI is InChI=1S/C22H22N4O2/c1-3-12-23-20-14-19(25-21(26-20)16-8-5-4-6-9-16)22(28)24-18-11-7-10-17(13-18)15(2)27/h4-11,13-14H,3,12H2,1-2H3,(H,24,28)(H,23,25,26). The normalized spacial score (nSPS) is 10.4. The summed E-state index contributed by atoms with van der Waals surface area (Å²) in [6.45, 7) is 4.29. The van der Waals surface area contributed by atoms with Gasteiger partial charge in [-0.3, -0.25) is 9.59 Å². The van der Waals surface area contributed by atoms with Crippen molar-refractivity contribution in [1.82, 2.24) is 9.97 Å². The molecule has 3 rings (SSSR count). The fourth-order valence-corrected chi connectivity index (χ4v) is 2.63. The minimum atomic E-state index is -0.361. The van der Waals surface area contributed by atoms with E-state index < -0.39 is 0 Å². The van der Waals surface area contributed by atoms with E-state index in [2.05, 4.69) is 27.5 Å². The number of anilines is 2. The summed E-state index contributed by atoms with van der Waals surface area (Å²) in [6, 6.07) is 18.0. The molecule has 1 heterocycles.